The van der Waals surface area contributed by atoms with E-state index in [2.05, 4.69) is 14.4 Å². The van der Waals surface area contributed by atoms with E-state index in [1.165, 1.54) is 19.4 Å². The number of pyridine rings is 1. The molecule has 0 aliphatic heterocycles. The van der Waals surface area contributed by atoms with Crippen molar-refractivity contribution >= 4 is 10.9 Å². The van der Waals surface area contributed by atoms with Crippen LogP contribution in [0.3, 0.4) is 0 Å². The van der Waals surface area contributed by atoms with Crippen LogP contribution in [0.15, 0.2) is 26.3 Å². The molecule has 0 fully saturated rings. The van der Waals surface area contributed by atoms with Crippen LogP contribution in [0.25, 0.3) is 10.9 Å². The number of aromatic nitrogens is 2. The topological polar surface area (TPSA) is 85.2 Å². The maximum atomic E-state index is 11.2. The van der Waals surface area contributed by atoms with Gasteiger partial charge in [0.25, 0.3) is 0 Å². The van der Waals surface area contributed by atoms with E-state index < -0.39 is 11.4 Å². The molecule has 6 nitrogen and oxygen atoms in total. The van der Waals surface area contributed by atoms with Crippen molar-refractivity contribution in [2.45, 2.75) is 0 Å². The molecule has 0 atom stereocenters. The Balaban J connectivity index is 2.89. The molecule has 2 rings (SSSR count). The maximum Gasteiger partial charge on any atom is 0.419 e. The average Bonchev–Trinajstić information content (AvgIpc) is 2.17. The van der Waals surface area contributed by atoms with Gasteiger partial charge in [-0.3, -0.25) is 4.98 Å². The number of hydrogen-bond donors (Lipinski definition) is 1. The summed E-state index contributed by atoms with van der Waals surface area (Å²) in [6, 6.07) is 1.40. The van der Waals surface area contributed by atoms with Crippen LogP contribution >= 0.6 is 0 Å². The van der Waals surface area contributed by atoms with Crippen molar-refractivity contribution in [3.63, 3.8) is 0 Å². The van der Waals surface area contributed by atoms with E-state index in [-0.39, 0.29) is 11.3 Å². The molecule has 2 aromatic rings. The average molecular weight is 194 g/mol. The number of rotatable bonds is 1. The SMILES string of the molecule is COc1cc2c(=O)oc(=O)[nH]c2cn1. The fraction of sp³-hybridized carbons (Fsp3) is 0.125. The minimum absolute atomic E-state index is 0.233. The second-order valence-corrected chi connectivity index (χ2v) is 2.57. The Morgan fingerprint density at radius 3 is 3.00 bits per heavy atom. The van der Waals surface area contributed by atoms with E-state index in [0.29, 0.717) is 5.52 Å². The zero-order valence-electron chi connectivity index (χ0n) is 7.23. The van der Waals surface area contributed by atoms with Crippen molar-refractivity contribution in [3.05, 3.63) is 33.2 Å². The Kier molecular flexibility index (Phi) is 1.81. The molecule has 2 aromatic heterocycles. The third kappa shape index (κ3) is 1.26. The van der Waals surface area contributed by atoms with Crippen LogP contribution in [-0.2, 0) is 0 Å². The molecule has 0 aromatic carbocycles. The van der Waals surface area contributed by atoms with Crippen LogP contribution in [0.4, 0.5) is 0 Å². The lowest BCUT2D eigenvalue weighted by atomic mass is 10.3. The molecule has 6 heteroatoms. The van der Waals surface area contributed by atoms with Crippen molar-refractivity contribution < 1.29 is 9.15 Å². The lowest BCUT2D eigenvalue weighted by Gasteiger charge is -1.98. The Bertz CT molecular complexity index is 584. The summed E-state index contributed by atoms with van der Waals surface area (Å²) in [4.78, 5) is 28.2. The first-order valence-electron chi connectivity index (χ1n) is 3.78. The summed E-state index contributed by atoms with van der Waals surface area (Å²) < 4.78 is 9.16. The summed E-state index contributed by atoms with van der Waals surface area (Å²) in [5.41, 5.74) is -0.378. The number of nitrogens with one attached hydrogen (secondary N) is 1. The highest BCUT2D eigenvalue weighted by Gasteiger charge is 2.04. The van der Waals surface area contributed by atoms with Gasteiger partial charge in [0, 0.05) is 6.07 Å². The molecule has 0 saturated heterocycles. The number of nitrogens with zero attached hydrogens (tertiary/aromatic N) is 1. The van der Waals surface area contributed by atoms with Crippen molar-refractivity contribution in [1.29, 1.82) is 0 Å². The Labute approximate surface area is 77.2 Å². The van der Waals surface area contributed by atoms with E-state index in [0.717, 1.165) is 0 Å². The van der Waals surface area contributed by atoms with Gasteiger partial charge >= 0.3 is 11.4 Å². The lowest BCUT2D eigenvalue weighted by Crippen LogP contribution is -2.14. The molecule has 72 valence electrons. The molecule has 1 N–H and O–H groups in total. The fourth-order valence-corrected chi connectivity index (χ4v) is 1.09. The van der Waals surface area contributed by atoms with Crippen LogP contribution in [0.1, 0.15) is 0 Å². The lowest BCUT2D eigenvalue weighted by molar-refractivity contribution is 0.398. The number of ether oxygens (including phenoxy) is 1. The Morgan fingerprint density at radius 2 is 2.29 bits per heavy atom. The number of H-pyrrole nitrogens is 1. The van der Waals surface area contributed by atoms with Crippen LogP contribution in [-0.4, -0.2) is 17.1 Å². The molecule has 0 amide bonds. The highest BCUT2D eigenvalue weighted by Crippen LogP contribution is 2.10. The normalized spacial score (nSPS) is 10.4. The molecular weight excluding hydrogens is 188 g/mol. The Hall–Kier alpha value is -2.11. The first-order valence-corrected chi connectivity index (χ1v) is 3.78. The second-order valence-electron chi connectivity index (χ2n) is 2.57. The third-order valence-electron chi connectivity index (χ3n) is 1.73. The largest absolute Gasteiger partial charge is 0.481 e. The molecule has 0 spiro atoms. The van der Waals surface area contributed by atoms with E-state index in [9.17, 15) is 9.59 Å². The van der Waals surface area contributed by atoms with Crippen molar-refractivity contribution in [2.24, 2.45) is 0 Å². The van der Waals surface area contributed by atoms with E-state index in [1.54, 1.807) is 0 Å². The summed E-state index contributed by atoms with van der Waals surface area (Å²) in [7, 11) is 1.43. The molecule has 2 heterocycles. The summed E-state index contributed by atoms with van der Waals surface area (Å²) in [6.07, 6.45) is 1.34. The standard InChI is InChI=1S/C8H6N2O4/c1-13-6-2-4-5(3-9-6)10-8(12)14-7(4)11/h2-3H,1H3,(H,10,12). The zero-order chi connectivity index (χ0) is 10.1. The molecule has 0 aliphatic rings. The minimum Gasteiger partial charge on any atom is -0.481 e. The highest BCUT2D eigenvalue weighted by molar-refractivity contribution is 5.76. The smallest absolute Gasteiger partial charge is 0.419 e. The van der Waals surface area contributed by atoms with Crippen molar-refractivity contribution in [2.75, 3.05) is 7.11 Å². The quantitative estimate of drug-likeness (QED) is 0.684. The zero-order valence-corrected chi connectivity index (χ0v) is 7.23. The summed E-state index contributed by atoms with van der Waals surface area (Å²) in [5.74, 6) is -0.508. The summed E-state index contributed by atoms with van der Waals surface area (Å²) >= 11 is 0. The number of methoxy groups -OCH3 is 1. The van der Waals surface area contributed by atoms with Crippen molar-refractivity contribution in [3.8, 4) is 5.88 Å². The van der Waals surface area contributed by atoms with Crippen LogP contribution in [0.2, 0.25) is 0 Å². The van der Waals surface area contributed by atoms with E-state index in [1.807, 2.05) is 0 Å². The molecule has 0 saturated carbocycles. The minimum atomic E-state index is -0.797. The molecular formula is C8H6N2O4. The van der Waals surface area contributed by atoms with Gasteiger partial charge in [-0.25, -0.2) is 14.6 Å². The maximum absolute atomic E-state index is 11.2. The third-order valence-corrected chi connectivity index (χ3v) is 1.73. The van der Waals surface area contributed by atoms with Gasteiger partial charge in [-0.1, -0.05) is 0 Å². The number of aromatic amines is 1. The van der Waals surface area contributed by atoms with Gasteiger partial charge in [0.1, 0.15) is 0 Å². The van der Waals surface area contributed by atoms with Gasteiger partial charge in [0.2, 0.25) is 5.88 Å². The summed E-state index contributed by atoms with van der Waals surface area (Å²) in [6.45, 7) is 0. The molecule has 0 radical (unpaired) electrons. The molecule has 0 aliphatic carbocycles. The first-order chi connectivity index (χ1) is 6.70. The van der Waals surface area contributed by atoms with Gasteiger partial charge in [0.05, 0.1) is 24.2 Å². The second kappa shape index (κ2) is 2.99. The fourth-order valence-electron chi connectivity index (χ4n) is 1.09. The van der Waals surface area contributed by atoms with Crippen LogP contribution in [0.5, 0.6) is 5.88 Å². The predicted molar refractivity (Wildman–Crippen MR) is 47.5 cm³/mol. The summed E-state index contributed by atoms with van der Waals surface area (Å²) in [5, 5.41) is 0.233. The van der Waals surface area contributed by atoms with Crippen molar-refractivity contribution in [1.82, 2.24) is 9.97 Å². The van der Waals surface area contributed by atoms with E-state index >= 15 is 0 Å². The van der Waals surface area contributed by atoms with Gasteiger partial charge in [0.15, 0.2) is 0 Å². The Morgan fingerprint density at radius 1 is 1.50 bits per heavy atom. The van der Waals surface area contributed by atoms with Gasteiger partial charge in [-0.05, 0) is 0 Å². The van der Waals surface area contributed by atoms with Crippen LogP contribution in [0, 0.1) is 0 Å². The monoisotopic (exact) mass is 194 g/mol. The number of hydrogen-bond acceptors (Lipinski definition) is 5. The molecule has 14 heavy (non-hydrogen) atoms. The molecule has 0 unspecified atom stereocenters. The van der Waals surface area contributed by atoms with Gasteiger partial charge in [-0.15, -0.1) is 0 Å². The predicted octanol–water partition coefficient (Wildman–Crippen LogP) is -0.115. The number of fused-ring (bicyclic) bond motifs is 1. The first kappa shape index (κ1) is 8.49. The van der Waals surface area contributed by atoms with Crippen LogP contribution < -0.4 is 16.1 Å². The molecule has 0 bridgehead atoms. The van der Waals surface area contributed by atoms with E-state index in [4.69, 9.17) is 4.74 Å². The highest BCUT2D eigenvalue weighted by atomic mass is 16.5. The van der Waals surface area contributed by atoms with Gasteiger partial charge in [-0.2, -0.15) is 0 Å². The van der Waals surface area contributed by atoms with Gasteiger partial charge < -0.3 is 9.15 Å².